The van der Waals surface area contributed by atoms with Crippen LogP contribution in [0.2, 0.25) is 0 Å². The topological polar surface area (TPSA) is 22.1 Å². The summed E-state index contributed by atoms with van der Waals surface area (Å²) in [5.41, 5.74) is 6.02. The lowest BCUT2D eigenvalue weighted by Crippen LogP contribution is -1.93. The Balaban J connectivity index is 1.87. The number of hydrogen-bond acceptors (Lipinski definition) is 2. The van der Waals surface area contributed by atoms with Crippen molar-refractivity contribution in [1.82, 2.24) is 4.98 Å². The van der Waals surface area contributed by atoms with E-state index in [9.17, 15) is 0 Å². The minimum atomic E-state index is 0.797. The van der Waals surface area contributed by atoms with Gasteiger partial charge in [0.05, 0.1) is 17.8 Å². The quantitative estimate of drug-likeness (QED) is 0.691. The van der Waals surface area contributed by atoms with Crippen molar-refractivity contribution in [1.29, 1.82) is 0 Å². The first-order chi connectivity index (χ1) is 10.8. The van der Waals surface area contributed by atoms with E-state index < -0.39 is 0 Å². The van der Waals surface area contributed by atoms with Gasteiger partial charge in [-0.3, -0.25) is 0 Å². The fourth-order valence-corrected chi connectivity index (χ4v) is 3.22. The number of ether oxygens (including phenoxy) is 1. The number of benzene rings is 2. The van der Waals surface area contributed by atoms with Crippen molar-refractivity contribution in [2.45, 2.75) is 26.2 Å². The number of rotatable bonds is 3. The van der Waals surface area contributed by atoms with Crippen LogP contribution in [0.15, 0.2) is 48.5 Å². The average molecular weight is 289 g/mol. The molecule has 0 spiro atoms. The van der Waals surface area contributed by atoms with Crippen molar-refractivity contribution in [2.24, 2.45) is 0 Å². The molecule has 2 nitrogen and oxygen atoms in total. The highest BCUT2D eigenvalue weighted by Gasteiger charge is 2.14. The Morgan fingerprint density at radius 1 is 1.09 bits per heavy atom. The summed E-state index contributed by atoms with van der Waals surface area (Å²) in [5, 5.41) is 1.28. The predicted octanol–water partition coefficient (Wildman–Crippen LogP) is 4.79. The Morgan fingerprint density at radius 2 is 2.00 bits per heavy atom. The molecule has 0 amide bonds. The van der Waals surface area contributed by atoms with Gasteiger partial charge in [0.1, 0.15) is 5.75 Å². The van der Waals surface area contributed by atoms with Crippen molar-refractivity contribution in [3.63, 3.8) is 0 Å². The van der Waals surface area contributed by atoms with E-state index in [0.717, 1.165) is 42.8 Å². The van der Waals surface area contributed by atoms with Crippen LogP contribution in [-0.4, -0.2) is 11.6 Å². The average Bonchev–Trinajstić information content (AvgIpc) is 3.02. The van der Waals surface area contributed by atoms with Gasteiger partial charge in [-0.2, -0.15) is 0 Å². The third-order valence-electron chi connectivity index (χ3n) is 4.31. The van der Waals surface area contributed by atoms with E-state index in [-0.39, 0.29) is 0 Å². The summed E-state index contributed by atoms with van der Waals surface area (Å²) in [4.78, 5) is 4.87. The summed E-state index contributed by atoms with van der Waals surface area (Å²) in [6.45, 7) is 3.02. The van der Waals surface area contributed by atoms with Crippen molar-refractivity contribution in [3.05, 3.63) is 59.7 Å². The number of aryl methyl sites for hydroxylation is 1. The third-order valence-corrected chi connectivity index (χ3v) is 4.31. The summed E-state index contributed by atoms with van der Waals surface area (Å²) in [5.74, 6) is 1.03. The van der Waals surface area contributed by atoms with E-state index in [2.05, 4.69) is 55.5 Å². The molecular formula is C20H19NO. The van der Waals surface area contributed by atoms with Crippen molar-refractivity contribution < 1.29 is 4.74 Å². The fourth-order valence-electron chi connectivity index (χ4n) is 3.22. The zero-order valence-corrected chi connectivity index (χ0v) is 12.8. The highest BCUT2D eigenvalue weighted by molar-refractivity contribution is 5.85. The molecule has 0 radical (unpaired) electrons. The molecule has 2 heteroatoms. The largest absolute Gasteiger partial charge is 0.493 e. The van der Waals surface area contributed by atoms with Crippen LogP contribution >= 0.6 is 0 Å². The monoisotopic (exact) mass is 289 g/mol. The SMILES string of the molecule is CCCc1cc(-c2ccc3c(c2)CCO3)nc2ccccc12. The van der Waals surface area contributed by atoms with E-state index in [1.165, 1.54) is 22.1 Å². The molecule has 1 aromatic heterocycles. The molecule has 110 valence electrons. The van der Waals surface area contributed by atoms with Crippen molar-refractivity contribution in [3.8, 4) is 17.0 Å². The maximum Gasteiger partial charge on any atom is 0.122 e. The molecule has 0 fully saturated rings. The molecule has 0 unspecified atom stereocenters. The molecule has 3 aromatic rings. The van der Waals surface area contributed by atoms with Crippen LogP contribution in [0.1, 0.15) is 24.5 Å². The Morgan fingerprint density at radius 3 is 2.91 bits per heavy atom. The van der Waals surface area contributed by atoms with Gasteiger partial charge in [-0.25, -0.2) is 4.98 Å². The molecule has 0 N–H and O–H groups in total. The van der Waals surface area contributed by atoms with Crippen LogP contribution in [-0.2, 0) is 12.8 Å². The molecule has 0 bridgehead atoms. The molecule has 2 aromatic carbocycles. The maximum atomic E-state index is 5.60. The first kappa shape index (κ1) is 13.3. The molecule has 0 aliphatic carbocycles. The first-order valence-electron chi connectivity index (χ1n) is 8.00. The Kier molecular flexibility index (Phi) is 3.30. The van der Waals surface area contributed by atoms with E-state index in [1.807, 2.05) is 0 Å². The standard InChI is InChI=1S/C20H19NO/c1-2-5-14-13-19(21-18-7-4-3-6-17(14)18)15-8-9-20-16(12-15)10-11-22-20/h3-4,6-9,12-13H,2,5,10-11H2,1H3. The van der Waals surface area contributed by atoms with Gasteiger partial charge < -0.3 is 4.74 Å². The second-order valence-electron chi connectivity index (χ2n) is 5.85. The lowest BCUT2D eigenvalue weighted by Gasteiger charge is -2.10. The number of pyridine rings is 1. The smallest absolute Gasteiger partial charge is 0.122 e. The minimum Gasteiger partial charge on any atom is -0.493 e. The Bertz CT molecular complexity index is 838. The maximum absolute atomic E-state index is 5.60. The van der Waals surface area contributed by atoms with Crippen LogP contribution in [0, 0.1) is 0 Å². The van der Waals surface area contributed by atoms with E-state index in [4.69, 9.17) is 9.72 Å². The number of nitrogens with zero attached hydrogens (tertiary/aromatic N) is 1. The normalized spacial score (nSPS) is 13.1. The molecule has 22 heavy (non-hydrogen) atoms. The molecule has 1 aliphatic rings. The first-order valence-corrected chi connectivity index (χ1v) is 8.00. The third kappa shape index (κ3) is 2.25. The Hall–Kier alpha value is -2.35. The van der Waals surface area contributed by atoms with Crippen molar-refractivity contribution >= 4 is 10.9 Å². The molecule has 0 saturated heterocycles. The summed E-state index contributed by atoms with van der Waals surface area (Å²) in [7, 11) is 0. The van der Waals surface area contributed by atoms with E-state index >= 15 is 0 Å². The van der Waals surface area contributed by atoms with Gasteiger partial charge in [-0.05, 0) is 47.9 Å². The lowest BCUT2D eigenvalue weighted by atomic mass is 10.00. The molecule has 0 saturated carbocycles. The van der Waals surface area contributed by atoms with Gasteiger partial charge in [-0.15, -0.1) is 0 Å². The summed E-state index contributed by atoms with van der Waals surface area (Å²) in [6.07, 6.45) is 3.23. The summed E-state index contributed by atoms with van der Waals surface area (Å²) in [6, 6.07) is 17.1. The highest BCUT2D eigenvalue weighted by atomic mass is 16.5. The van der Waals surface area contributed by atoms with E-state index in [0.29, 0.717) is 0 Å². The van der Waals surface area contributed by atoms with Crippen LogP contribution in [0.3, 0.4) is 0 Å². The molecular weight excluding hydrogens is 270 g/mol. The Labute approximate surface area is 130 Å². The second-order valence-corrected chi connectivity index (χ2v) is 5.85. The lowest BCUT2D eigenvalue weighted by molar-refractivity contribution is 0.357. The van der Waals surface area contributed by atoms with E-state index in [1.54, 1.807) is 0 Å². The van der Waals surface area contributed by atoms with Gasteiger partial charge in [0, 0.05) is 17.4 Å². The van der Waals surface area contributed by atoms with Crippen LogP contribution in [0.25, 0.3) is 22.2 Å². The minimum absolute atomic E-state index is 0.797. The number of aromatic nitrogens is 1. The predicted molar refractivity (Wildman–Crippen MR) is 90.4 cm³/mol. The molecule has 0 atom stereocenters. The van der Waals surface area contributed by atoms with Crippen LogP contribution in [0.5, 0.6) is 5.75 Å². The van der Waals surface area contributed by atoms with Gasteiger partial charge in [-0.1, -0.05) is 31.5 Å². The summed E-state index contributed by atoms with van der Waals surface area (Å²) < 4.78 is 5.60. The zero-order valence-electron chi connectivity index (χ0n) is 12.8. The van der Waals surface area contributed by atoms with Gasteiger partial charge >= 0.3 is 0 Å². The van der Waals surface area contributed by atoms with Gasteiger partial charge in [0.2, 0.25) is 0 Å². The number of para-hydroxylation sites is 1. The summed E-state index contributed by atoms with van der Waals surface area (Å²) >= 11 is 0. The van der Waals surface area contributed by atoms with Gasteiger partial charge in [0.15, 0.2) is 0 Å². The van der Waals surface area contributed by atoms with Gasteiger partial charge in [0.25, 0.3) is 0 Å². The molecule has 4 rings (SSSR count). The zero-order chi connectivity index (χ0) is 14.9. The van der Waals surface area contributed by atoms with Crippen LogP contribution < -0.4 is 4.74 Å². The second kappa shape index (κ2) is 5.45. The fraction of sp³-hybridized carbons (Fsp3) is 0.250. The number of hydrogen-bond donors (Lipinski definition) is 0. The highest BCUT2D eigenvalue weighted by Crippen LogP contribution is 2.31. The van der Waals surface area contributed by atoms with Crippen molar-refractivity contribution in [2.75, 3.05) is 6.61 Å². The number of fused-ring (bicyclic) bond motifs is 2. The molecule has 1 aliphatic heterocycles. The van der Waals surface area contributed by atoms with Crippen LogP contribution in [0.4, 0.5) is 0 Å². The molecule has 2 heterocycles.